The number of nitrogens with one attached hydrogen (secondary N) is 1. The molecule has 144 valence electrons. The minimum atomic E-state index is -1.97. The number of ether oxygens (including phenoxy) is 1. The number of benzene rings is 1. The number of halogens is 1. The third-order valence-corrected chi connectivity index (χ3v) is 8.39. The molecule has 1 aliphatic carbocycles. The number of carbonyl (C=O) groups is 2. The number of alkyl halides is 1. The number of carbonyl (C=O) groups excluding carboxylic acids is 1. The van der Waals surface area contributed by atoms with Crippen LogP contribution in [-0.4, -0.2) is 42.8 Å². The normalized spacial score (nSPS) is 22.2. The second-order valence-electron chi connectivity index (χ2n) is 6.92. The summed E-state index contributed by atoms with van der Waals surface area (Å²) in [6.45, 7) is 0.246. The van der Waals surface area contributed by atoms with Crippen LogP contribution in [0.5, 0.6) is 0 Å². The van der Waals surface area contributed by atoms with E-state index in [1.165, 1.54) is 0 Å². The van der Waals surface area contributed by atoms with Gasteiger partial charge in [-0.15, -0.1) is 0 Å². The molecule has 7 heteroatoms. The second-order valence-corrected chi connectivity index (χ2v) is 11.4. The van der Waals surface area contributed by atoms with Crippen molar-refractivity contribution in [1.82, 2.24) is 5.32 Å². The predicted molar refractivity (Wildman–Crippen MR) is 99.5 cm³/mol. The van der Waals surface area contributed by atoms with Gasteiger partial charge in [-0.2, -0.15) is 0 Å². The minimum absolute atomic E-state index is 0.189. The zero-order valence-electron chi connectivity index (χ0n) is 15.1. The number of amides is 1. The van der Waals surface area contributed by atoms with E-state index in [2.05, 4.69) is 5.32 Å². The Morgan fingerprint density at radius 1 is 1.27 bits per heavy atom. The Kier molecular flexibility index (Phi) is 8.43. The van der Waals surface area contributed by atoms with Crippen molar-refractivity contribution in [3.63, 3.8) is 0 Å². The Labute approximate surface area is 158 Å². The van der Waals surface area contributed by atoms with Crippen LogP contribution in [0.1, 0.15) is 37.7 Å². The van der Waals surface area contributed by atoms with Crippen molar-refractivity contribution < 1.29 is 23.8 Å². The van der Waals surface area contributed by atoms with Gasteiger partial charge in [0.15, 0.2) is 0 Å². The van der Waals surface area contributed by atoms with Gasteiger partial charge in [0.05, 0.1) is 0 Å². The molecule has 5 nitrogen and oxygen atoms in total. The maximum absolute atomic E-state index is 13.3. The zero-order valence-corrected chi connectivity index (χ0v) is 16.9. The van der Waals surface area contributed by atoms with E-state index < -0.39 is 26.9 Å². The summed E-state index contributed by atoms with van der Waals surface area (Å²) in [4.78, 5) is 23.4. The van der Waals surface area contributed by atoms with Crippen molar-refractivity contribution in [2.45, 2.75) is 61.8 Å². The molecule has 0 bridgehead atoms. The Morgan fingerprint density at radius 2 is 1.92 bits per heavy atom. The summed E-state index contributed by atoms with van der Waals surface area (Å²) in [5, 5.41) is 12.2. The molecule has 1 saturated carbocycles. The topological polar surface area (TPSA) is 75.6 Å². The number of hydrogen-bond acceptors (Lipinski definition) is 3. The van der Waals surface area contributed by atoms with Gasteiger partial charge in [-0.1, -0.05) is 0 Å². The van der Waals surface area contributed by atoms with Crippen LogP contribution in [0, 0.1) is 5.92 Å². The van der Waals surface area contributed by atoms with E-state index in [0.717, 1.165) is 18.4 Å². The number of rotatable bonds is 8. The van der Waals surface area contributed by atoms with E-state index in [1.54, 1.807) is 0 Å². The molecule has 2 unspecified atom stereocenters. The second kappa shape index (κ2) is 10.6. The summed E-state index contributed by atoms with van der Waals surface area (Å²) >= 11 is -1.97. The first kappa shape index (κ1) is 20.8. The van der Waals surface area contributed by atoms with Crippen LogP contribution in [0.4, 0.5) is 14.0 Å². The van der Waals surface area contributed by atoms with Crippen molar-refractivity contribution >= 4 is 25.5 Å². The van der Waals surface area contributed by atoms with Gasteiger partial charge in [-0.05, 0) is 0 Å². The Bertz CT molecular complexity index is 578. The van der Waals surface area contributed by atoms with Crippen molar-refractivity contribution in [2.75, 3.05) is 0 Å². The van der Waals surface area contributed by atoms with Crippen molar-refractivity contribution in [1.29, 1.82) is 0 Å². The number of carboxylic acid groups (broad SMARTS) is 1. The van der Waals surface area contributed by atoms with E-state index >= 15 is 0 Å². The predicted octanol–water partition coefficient (Wildman–Crippen LogP) is 4.58. The summed E-state index contributed by atoms with van der Waals surface area (Å²) in [6, 6.07) is 9.23. The van der Waals surface area contributed by atoms with Gasteiger partial charge in [0.25, 0.3) is 0 Å². The molecule has 26 heavy (non-hydrogen) atoms. The first-order chi connectivity index (χ1) is 12.4. The maximum atomic E-state index is 13.3. The van der Waals surface area contributed by atoms with Crippen LogP contribution in [0.2, 0.25) is 10.9 Å². The van der Waals surface area contributed by atoms with Crippen molar-refractivity contribution in [2.24, 2.45) is 5.92 Å². The van der Waals surface area contributed by atoms with Gasteiger partial charge in [0, 0.05) is 0 Å². The summed E-state index contributed by atoms with van der Waals surface area (Å²) in [5.74, 6) is 0.321. The first-order valence-electron chi connectivity index (χ1n) is 8.99. The van der Waals surface area contributed by atoms with Gasteiger partial charge in [0.2, 0.25) is 0 Å². The molecule has 2 rings (SSSR count). The van der Waals surface area contributed by atoms with E-state index in [1.807, 2.05) is 36.0 Å². The van der Waals surface area contributed by atoms with Crippen molar-refractivity contribution in [3.8, 4) is 0 Å². The molecule has 0 aromatic heterocycles. The third kappa shape index (κ3) is 7.36. The van der Waals surface area contributed by atoms with E-state index in [4.69, 9.17) is 9.84 Å². The molecule has 0 saturated heterocycles. The number of hydrogen-bond donors (Lipinski definition) is 2. The van der Waals surface area contributed by atoms with Crippen LogP contribution in [0.3, 0.4) is 0 Å². The molecule has 0 aliphatic heterocycles. The zero-order chi connectivity index (χ0) is 18.9. The SMILES string of the molecule is C[As](CC(CC1CCC(F)CC1)NC(=O)O)C(=O)OCc1ccccc1. The van der Waals surface area contributed by atoms with E-state index in [-0.39, 0.29) is 17.4 Å². The third-order valence-electron chi connectivity index (χ3n) is 4.73. The molecule has 1 amide bonds. The summed E-state index contributed by atoms with van der Waals surface area (Å²) in [5.41, 5.74) is 2.83. The average Bonchev–Trinajstić information content (AvgIpc) is 2.62. The Balaban J connectivity index is 1.83. The fourth-order valence-electron chi connectivity index (χ4n) is 3.35. The van der Waals surface area contributed by atoms with Gasteiger partial charge >= 0.3 is 158 Å². The van der Waals surface area contributed by atoms with Gasteiger partial charge < -0.3 is 0 Å². The molecule has 2 N–H and O–H groups in total. The van der Waals surface area contributed by atoms with E-state index in [9.17, 15) is 14.0 Å². The van der Waals surface area contributed by atoms with Crippen LogP contribution in [0.25, 0.3) is 0 Å². The molecular formula is C19H27AsFNO4. The monoisotopic (exact) mass is 427 g/mol. The van der Waals surface area contributed by atoms with Crippen LogP contribution in [0.15, 0.2) is 30.3 Å². The quantitative estimate of drug-likeness (QED) is 0.596. The molecule has 0 spiro atoms. The summed E-state index contributed by atoms with van der Waals surface area (Å²) in [6.07, 6.45) is 1.55. The van der Waals surface area contributed by atoms with Crippen LogP contribution in [-0.2, 0) is 11.3 Å². The standard InChI is InChI=1S/C19H27AsFNO4/c1-20(18(23)26-13-15-5-3-2-4-6-15)12-17(22-19(24)25)11-14-7-9-16(21)10-8-14/h2-6,14,16-17,22H,7-13H2,1H3,(H,24,25). The molecular weight excluding hydrogens is 400 g/mol. The summed E-state index contributed by atoms with van der Waals surface area (Å²) in [7, 11) is 0. The van der Waals surface area contributed by atoms with Crippen LogP contribution >= 0.6 is 0 Å². The Hall–Kier alpha value is -1.55. The molecule has 1 aliphatic rings. The van der Waals surface area contributed by atoms with Gasteiger partial charge in [0.1, 0.15) is 0 Å². The molecule has 1 aromatic carbocycles. The molecule has 1 aromatic rings. The Morgan fingerprint density at radius 3 is 2.54 bits per heavy atom. The summed E-state index contributed by atoms with van der Waals surface area (Å²) < 4.78 is 18.5. The van der Waals surface area contributed by atoms with Crippen molar-refractivity contribution in [3.05, 3.63) is 35.9 Å². The molecule has 1 fully saturated rings. The van der Waals surface area contributed by atoms with Gasteiger partial charge in [-0.3, -0.25) is 0 Å². The van der Waals surface area contributed by atoms with Gasteiger partial charge in [-0.25, -0.2) is 0 Å². The fourth-order valence-corrected chi connectivity index (χ4v) is 6.15. The van der Waals surface area contributed by atoms with Crippen LogP contribution < -0.4 is 5.32 Å². The molecule has 2 atom stereocenters. The molecule has 0 radical (unpaired) electrons. The average molecular weight is 427 g/mol. The molecule has 0 heterocycles. The first-order valence-corrected chi connectivity index (χ1v) is 13.1. The van der Waals surface area contributed by atoms with E-state index in [0.29, 0.717) is 30.4 Å². The fraction of sp³-hybridized carbons (Fsp3) is 0.579.